The van der Waals surface area contributed by atoms with Gasteiger partial charge < -0.3 is 9.47 Å². The number of ether oxygens (including phenoxy) is 2. The number of nitrogens with zero attached hydrogens (tertiary/aromatic N) is 4. The van der Waals surface area contributed by atoms with Crippen LogP contribution in [0, 0.1) is 0 Å². The van der Waals surface area contributed by atoms with Gasteiger partial charge in [-0.2, -0.15) is 5.10 Å². The van der Waals surface area contributed by atoms with E-state index in [9.17, 15) is 4.79 Å². The lowest BCUT2D eigenvalue weighted by molar-refractivity contribution is -0.118. The van der Waals surface area contributed by atoms with Crippen LogP contribution < -0.4 is 14.9 Å². The molecule has 0 atom stereocenters. The number of thioether (sulfide) groups is 1. The van der Waals surface area contributed by atoms with Crippen molar-refractivity contribution in [1.29, 1.82) is 0 Å². The fraction of sp³-hybridized carbons (Fsp3) is 0.154. The third kappa shape index (κ3) is 5.69. The molecule has 0 unspecified atom stereocenters. The molecular formula is C26H24ClN5O3S. The minimum Gasteiger partial charge on any atom is -0.493 e. The molecule has 10 heteroatoms. The maximum atomic E-state index is 12.6. The van der Waals surface area contributed by atoms with Crippen LogP contribution in [0.15, 0.2) is 83.1 Å². The van der Waals surface area contributed by atoms with E-state index in [-0.39, 0.29) is 11.7 Å². The number of halogens is 1. The second-order valence-electron chi connectivity index (χ2n) is 7.55. The highest BCUT2D eigenvalue weighted by Gasteiger charge is 2.19. The Kier molecular flexibility index (Phi) is 8.24. The standard InChI is InChI=1S/C26H24ClN5O3S/c1-17(20-11-7-8-12-21(20)27)28-29-24(33)16-36-26-31-30-25(32(26)19-9-5-4-6-10-19)18-13-14-22(34-2)23(15-18)35-3/h4-15H,16H2,1-3H3,(H,29,33). The first kappa shape index (κ1) is 25.3. The number of benzene rings is 3. The summed E-state index contributed by atoms with van der Waals surface area (Å²) in [5.41, 5.74) is 5.61. The van der Waals surface area contributed by atoms with Crippen molar-refractivity contribution in [3.8, 4) is 28.6 Å². The van der Waals surface area contributed by atoms with E-state index >= 15 is 0 Å². The smallest absolute Gasteiger partial charge is 0.250 e. The molecule has 3 aromatic carbocycles. The van der Waals surface area contributed by atoms with Crippen LogP contribution in [0.3, 0.4) is 0 Å². The summed E-state index contributed by atoms with van der Waals surface area (Å²) in [6, 6.07) is 22.6. The number of hydrogen-bond acceptors (Lipinski definition) is 7. The van der Waals surface area contributed by atoms with E-state index in [1.54, 1.807) is 27.2 Å². The van der Waals surface area contributed by atoms with Crippen LogP contribution in [0.2, 0.25) is 5.02 Å². The zero-order chi connectivity index (χ0) is 25.5. The number of rotatable bonds is 9. The molecule has 0 spiro atoms. The van der Waals surface area contributed by atoms with E-state index in [4.69, 9.17) is 21.1 Å². The van der Waals surface area contributed by atoms with Crippen LogP contribution in [0.25, 0.3) is 17.1 Å². The number of amides is 1. The second kappa shape index (κ2) is 11.7. The molecule has 0 aliphatic carbocycles. The van der Waals surface area contributed by atoms with Crippen molar-refractivity contribution in [2.75, 3.05) is 20.0 Å². The Bertz CT molecular complexity index is 1390. The molecule has 4 aromatic rings. The summed E-state index contributed by atoms with van der Waals surface area (Å²) in [6.45, 7) is 1.79. The largest absolute Gasteiger partial charge is 0.493 e. The highest BCUT2D eigenvalue weighted by Crippen LogP contribution is 2.34. The molecule has 0 aliphatic heterocycles. The molecule has 184 valence electrons. The SMILES string of the molecule is COc1ccc(-c2nnc(SCC(=O)NN=C(C)c3ccccc3Cl)n2-c2ccccc2)cc1OC. The summed E-state index contributed by atoms with van der Waals surface area (Å²) in [5.74, 6) is 1.62. The van der Waals surface area contributed by atoms with Crippen LogP contribution in [-0.2, 0) is 4.79 Å². The Morgan fingerprint density at radius 2 is 1.72 bits per heavy atom. The highest BCUT2D eigenvalue weighted by molar-refractivity contribution is 7.99. The van der Waals surface area contributed by atoms with Gasteiger partial charge in [-0.25, -0.2) is 5.43 Å². The summed E-state index contributed by atoms with van der Waals surface area (Å²) < 4.78 is 12.7. The van der Waals surface area contributed by atoms with E-state index < -0.39 is 0 Å². The summed E-state index contributed by atoms with van der Waals surface area (Å²) in [6.07, 6.45) is 0. The van der Waals surface area contributed by atoms with Gasteiger partial charge in [-0.3, -0.25) is 9.36 Å². The lowest BCUT2D eigenvalue weighted by Crippen LogP contribution is -2.21. The summed E-state index contributed by atoms with van der Waals surface area (Å²) in [7, 11) is 3.17. The van der Waals surface area contributed by atoms with Gasteiger partial charge in [0.2, 0.25) is 0 Å². The molecule has 0 fully saturated rings. The number of aromatic nitrogens is 3. The Morgan fingerprint density at radius 1 is 1.00 bits per heavy atom. The number of hydrogen-bond donors (Lipinski definition) is 1. The minimum atomic E-state index is -0.276. The van der Waals surface area contributed by atoms with Gasteiger partial charge in [0.15, 0.2) is 22.5 Å². The molecule has 0 saturated carbocycles. The number of methoxy groups -OCH3 is 2. The van der Waals surface area contributed by atoms with Gasteiger partial charge in [0.25, 0.3) is 5.91 Å². The molecule has 1 N–H and O–H groups in total. The van der Waals surface area contributed by atoms with Crippen LogP contribution in [0.5, 0.6) is 11.5 Å². The minimum absolute atomic E-state index is 0.0935. The third-order valence-corrected chi connectivity index (χ3v) is 6.49. The first-order valence-corrected chi connectivity index (χ1v) is 12.3. The fourth-order valence-corrected chi connectivity index (χ4v) is 4.48. The Labute approximate surface area is 218 Å². The monoisotopic (exact) mass is 521 g/mol. The van der Waals surface area contributed by atoms with Gasteiger partial charge in [0, 0.05) is 21.8 Å². The van der Waals surface area contributed by atoms with Crippen molar-refractivity contribution in [3.05, 3.63) is 83.4 Å². The molecule has 36 heavy (non-hydrogen) atoms. The van der Waals surface area contributed by atoms with Gasteiger partial charge >= 0.3 is 0 Å². The van der Waals surface area contributed by atoms with Crippen LogP contribution in [0.4, 0.5) is 0 Å². The molecular weight excluding hydrogens is 498 g/mol. The van der Waals surface area contributed by atoms with E-state index in [1.807, 2.05) is 71.3 Å². The number of nitrogens with one attached hydrogen (secondary N) is 1. The van der Waals surface area contributed by atoms with E-state index in [2.05, 4.69) is 20.7 Å². The molecule has 1 aromatic heterocycles. The third-order valence-electron chi connectivity index (χ3n) is 5.23. The van der Waals surface area contributed by atoms with Crippen molar-refractivity contribution in [2.24, 2.45) is 5.10 Å². The molecule has 1 heterocycles. The first-order chi connectivity index (χ1) is 17.5. The van der Waals surface area contributed by atoms with E-state index in [0.717, 1.165) is 16.8 Å². The van der Waals surface area contributed by atoms with Crippen LogP contribution in [0.1, 0.15) is 12.5 Å². The van der Waals surface area contributed by atoms with E-state index in [1.165, 1.54) is 11.8 Å². The quantitative estimate of drug-likeness (QED) is 0.184. The van der Waals surface area contributed by atoms with Gasteiger partial charge in [-0.1, -0.05) is 59.8 Å². The van der Waals surface area contributed by atoms with Crippen molar-refractivity contribution in [1.82, 2.24) is 20.2 Å². The van der Waals surface area contributed by atoms with Crippen LogP contribution in [-0.4, -0.2) is 46.4 Å². The van der Waals surface area contributed by atoms with Crippen LogP contribution >= 0.6 is 23.4 Å². The average molecular weight is 522 g/mol. The summed E-state index contributed by atoms with van der Waals surface area (Å²) in [4.78, 5) is 12.6. The zero-order valence-corrected chi connectivity index (χ0v) is 21.5. The van der Waals surface area contributed by atoms with Crippen molar-refractivity contribution in [2.45, 2.75) is 12.1 Å². The maximum Gasteiger partial charge on any atom is 0.250 e. The molecule has 8 nitrogen and oxygen atoms in total. The van der Waals surface area contributed by atoms with E-state index in [0.29, 0.717) is 33.2 Å². The molecule has 0 saturated heterocycles. The lowest BCUT2D eigenvalue weighted by Gasteiger charge is -2.12. The number of hydrazone groups is 1. The molecule has 0 radical (unpaired) electrons. The molecule has 0 aliphatic rings. The zero-order valence-electron chi connectivity index (χ0n) is 19.9. The Balaban J connectivity index is 1.57. The molecule has 4 rings (SSSR count). The lowest BCUT2D eigenvalue weighted by atomic mass is 10.1. The first-order valence-electron chi connectivity index (χ1n) is 11.0. The van der Waals surface area contributed by atoms with Crippen molar-refractivity contribution >= 4 is 35.0 Å². The summed E-state index contributed by atoms with van der Waals surface area (Å²) >= 11 is 7.47. The predicted molar refractivity (Wildman–Crippen MR) is 142 cm³/mol. The topological polar surface area (TPSA) is 90.6 Å². The molecule has 1 amide bonds. The summed E-state index contributed by atoms with van der Waals surface area (Å²) in [5, 5.41) is 14.1. The van der Waals surface area contributed by atoms with Crippen molar-refractivity contribution in [3.63, 3.8) is 0 Å². The van der Waals surface area contributed by atoms with Gasteiger partial charge in [-0.15, -0.1) is 10.2 Å². The number of carbonyl (C=O) groups excluding carboxylic acids is 1. The van der Waals surface area contributed by atoms with Gasteiger partial charge in [-0.05, 0) is 43.3 Å². The Hall–Kier alpha value is -3.82. The predicted octanol–water partition coefficient (Wildman–Crippen LogP) is 5.24. The second-order valence-corrected chi connectivity index (χ2v) is 8.90. The maximum absolute atomic E-state index is 12.6. The number of para-hydroxylation sites is 1. The Morgan fingerprint density at radius 3 is 2.44 bits per heavy atom. The average Bonchev–Trinajstić information content (AvgIpc) is 3.34. The van der Waals surface area contributed by atoms with Crippen molar-refractivity contribution < 1.29 is 14.3 Å². The fourth-order valence-electron chi connectivity index (χ4n) is 3.46. The normalized spacial score (nSPS) is 11.3. The highest BCUT2D eigenvalue weighted by atomic mass is 35.5. The van der Waals surface area contributed by atoms with Gasteiger partial charge in [0.05, 0.1) is 25.7 Å². The van der Waals surface area contributed by atoms with Gasteiger partial charge in [0.1, 0.15) is 0 Å². The number of carbonyl (C=O) groups is 1. The molecule has 0 bridgehead atoms.